The highest BCUT2D eigenvalue weighted by Gasteiger charge is 2.29. The smallest absolute Gasteiger partial charge is 0.205 e. The van der Waals surface area contributed by atoms with E-state index >= 15 is 0 Å². The van der Waals surface area contributed by atoms with Gasteiger partial charge in [-0.25, -0.2) is 0 Å². The van der Waals surface area contributed by atoms with Crippen molar-refractivity contribution < 1.29 is 15.3 Å². The van der Waals surface area contributed by atoms with Crippen molar-refractivity contribution in [3.63, 3.8) is 0 Å². The molecule has 8 nitrogen and oxygen atoms in total. The van der Waals surface area contributed by atoms with Gasteiger partial charge in [0.1, 0.15) is 5.70 Å². The van der Waals surface area contributed by atoms with Crippen LogP contribution in [0.2, 0.25) is 0 Å². The summed E-state index contributed by atoms with van der Waals surface area (Å²) in [7, 11) is 0. The highest BCUT2D eigenvalue weighted by molar-refractivity contribution is 5.97. The maximum atomic E-state index is 9.65. The molecule has 2 aliphatic carbocycles. The molecule has 0 radical (unpaired) electrons. The molecule has 1 aromatic carbocycles. The summed E-state index contributed by atoms with van der Waals surface area (Å²) in [4.78, 5) is 0. The Labute approximate surface area is 144 Å². The average Bonchev–Trinajstić information content (AvgIpc) is 2.66. The highest BCUT2D eigenvalue weighted by Crippen LogP contribution is 2.36. The summed E-state index contributed by atoms with van der Waals surface area (Å²) in [5.41, 5.74) is 2.22. The van der Waals surface area contributed by atoms with Crippen LogP contribution in [0.15, 0.2) is 51.5 Å². The van der Waals surface area contributed by atoms with Crippen molar-refractivity contribution in [1.29, 1.82) is 5.41 Å². The minimum absolute atomic E-state index is 0.0521. The van der Waals surface area contributed by atoms with E-state index in [1.807, 2.05) is 12.1 Å². The van der Waals surface area contributed by atoms with Crippen LogP contribution in [0, 0.1) is 5.41 Å². The van der Waals surface area contributed by atoms with Gasteiger partial charge in [0.15, 0.2) is 17.4 Å². The number of amidine groups is 1. The van der Waals surface area contributed by atoms with E-state index in [4.69, 9.17) is 11.3 Å². The molecule has 0 unspecified atom stereocenters. The largest absolute Gasteiger partial charge is 0.503 e. The number of hydrogen-bond donors (Lipinski definition) is 6. The number of rotatable bonds is 4. The summed E-state index contributed by atoms with van der Waals surface area (Å²) in [6.07, 6.45) is 5.72. The molecule has 25 heavy (non-hydrogen) atoms. The molecule has 2 aliphatic rings. The molecular weight excluding hydrogens is 322 g/mol. The van der Waals surface area contributed by atoms with Gasteiger partial charge in [-0.3, -0.25) is 5.41 Å². The predicted molar refractivity (Wildman–Crippen MR) is 93.7 cm³/mol. The zero-order valence-corrected chi connectivity index (χ0v) is 13.7. The zero-order chi connectivity index (χ0) is 18.0. The molecule has 0 heterocycles. The number of nitrogens with zero attached hydrogens (tertiary/aromatic N) is 2. The van der Waals surface area contributed by atoms with Gasteiger partial charge in [-0.2, -0.15) is 0 Å². The molecule has 8 heteroatoms. The fraction of sp³-hybridized carbons (Fsp3) is 0.353. The molecule has 0 saturated heterocycles. The number of aliphatic hydroxyl groups excluding tert-OH is 3. The number of anilines is 1. The third-order valence-corrected chi connectivity index (χ3v) is 4.65. The van der Waals surface area contributed by atoms with Gasteiger partial charge < -0.3 is 26.5 Å². The third kappa shape index (κ3) is 3.28. The molecule has 0 atom stereocenters. The number of nitrogens with one attached hydrogen (secondary N) is 2. The standard InChI is InChI=1S/C17H21N5O3/c18-17(21-22-19)11-6-10(9-4-2-1-3-5-9)7-12(8-11)20-13-14(23)16(25)15(13)24/h6-9,20,23-25H,1-5H2,(H3,18,19,21). The average molecular weight is 343 g/mol. The van der Waals surface area contributed by atoms with E-state index in [0.717, 1.165) is 18.4 Å². The van der Waals surface area contributed by atoms with Crippen LogP contribution >= 0.6 is 0 Å². The first-order valence-corrected chi connectivity index (χ1v) is 8.19. The minimum Gasteiger partial charge on any atom is -0.503 e. The Morgan fingerprint density at radius 2 is 1.76 bits per heavy atom. The molecule has 7 N–H and O–H groups in total. The van der Waals surface area contributed by atoms with Crippen LogP contribution in [-0.2, 0) is 0 Å². The molecule has 1 fully saturated rings. The van der Waals surface area contributed by atoms with Gasteiger partial charge in [0.05, 0.1) is 0 Å². The van der Waals surface area contributed by atoms with Crippen molar-refractivity contribution >= 4 is 11.5 Å². The summed E-state index contributed by atoms with van der Waals surface area (Å²) in [6, 6.07) is 5.49. The molecular formula is C17H21N5O3. The first-order chi connectivity index (χ1) is 12.0. The summed E-state index contributed by atoms with van der Waals surface area (Å²) in [6.45, 7) is 0. The van der Waals surface area contributed by atoms with E-state index in [0.29, 0.717) is 17.2 Å². The predicted octanol–water partition coefficient (Wildman–Crippen LogP) is 3.91. The van der Waals surface area contributed by atoms with Crippen LogP contribution in [0.3, 0.4) is 0 Å². The van der Waals surface area contributed by atoms with Gasteiger partial charge >= 0.3 is 0 Å². The normalized spacial score (nSPS) is 18.6. The molecule has 3 rings (SSSR count). The quantitative estimate of drug-likeness (QED) is 0.161. The van der Waals surface area contributed by atoms with Crippen LogP contribution in [-0.4, -0.2) is 21.2 Å². The summed E-state index contributed by atoms with van der Waals surface area (Å²) in [5, 5.41) is 46.2. The molecule has 1 aromatic rings. The van der Waals surface area contributed by atoms with E-state index in [-0.39, 0.29) is 23.1 Å². The zero-order valence-electron chi connectivity index (χ0n) is 13.7. The van der Waals surface area contributed by atoms with E-state index in [9.17, 15) is 15.3 Å². The molecule has 0 aromatic heterocycles. The van der Waals surface area contributed by atoms with Crippen molar-refractivity contribution in [2.75, 3.05) is 5.32 Å². The lowest BCUT2D eigenvalue weighted by molar-refractivity contribution is 0.257. The second-order valence-electron chi connectivity index (χ2n) is 6.29. The van der Waals surface area contributed by atoms with E-state index < -0.39 is 5.76 Å². The maximum Gasteiger partial charge on any atom is 0.205 e. The molecule has 0 bridgehead atoms. The van der Waals surface area contributed by atoms with Gasteiger partial charge in [0, 0.05) is 11.3 Å². The fourth-order valence-electron chi connectivity index (χ4n) is 3.31. The Hall–Kier alpha value is -3.03. The van der Waals surface area contributed by atoms with Crippen molar-refractivity contribution in [3.8, 4) is 0 Å². The molecule has 1 saturated carbocycles. The Kier molecular flexibility index (Phi) is 4.60. The SMILES string of the molecule is N=C(N=NN)c1cc(NC2=C(O)C(O)=C2O)cc(C2CCCCC2)c1. The van der Waals surface area contributed by atoms with Gasteiger partial charge in [-0.1, -0.05) is 24.5 Å². The van der Waals surface area contributed by atoms with Crippen molar-refractivity contribution in [2.45, 2.75) is 38.0 Å². The number of hydrogen-bond acceptors (Lipinski definition) is 6. The van der Waals surface area contributed by atoms with E-state index in [1.54, 1.807) is 6.07 Å². The lowest BCUT2D eigenvalue weighted by Crippen LogP contribution is -2.18. The van der Waals surface area contributed by atoms with Crippen molar-refractivity contribution in [1.82, 2.24) is 0 Å². The molecule has 0 spiro atoms. The lowest BCUT2D eigenvalue weighted by Gasteiger charge is -2.24. The second-order valence-corrected chi connectivity index (χ2v) is 6.29. The maximum absolute atomic E-state index is 9.65. The van der Waals surface area contributed by atoms with E-state index in [1.165, 1.54) is 19.3 Å². The van der Waals surface area contributed by atoms with Gasteiger partial charge in [-0.15, -0.1) is 5.11 Å². The van der Waals surface area contributed by atoms with Crippen molar-refractivity contribution in [2.24, 2.45) is 16.2 Å². The fourth-order valence-corrected chi connectivity index (χ4v) is 3.31. The Morgan fingerprint density at radius 3 is 2.40 bits per heavy atom. The van der Waals surface area contributed by atoms with Gasteiger partial charge in [0.25, 0.3) is 0 Å². The number of benzene rings is 1. The van der Waals surface area contributed by atoms with Gasteiger partial charge in [-0.05, 0) is 42.5 Å². The molecule has 0 amide bonds. The minimum atomic E-state index is -0.532. The second kappa shape index (κ2) is 6.84. The highest BCUT2D eigenvalue weighted by atomic mass is 16.3. The van der Waals surface area contributed by atoms with Crippen LogP contribution in [0.5, 0.6) is 0 Å². The van der Waals surface area contributed by atoms with Gasteiger partial charge in [0.2, 0.25) is 5.76 Å². The topological polar surface area (TPSA) is 147 Å². The first kappa shape index (κ1) is 16.8. The molecule has 0 aliphatic heterocycles. The number of aliphatic hydroxyl groups is 3. The monoisotopic (exact) mass is 343 g/mol. The third-order valence-electron chi connectivity index (χ3n) is 4.65. The van der Waals surface area contributed by atoms with Crippen LogP contribution in [0.1, 0.15) is 49.1 Å². The lowest BCUT2D eigenvalue weighted by atomic mass is 9.83. The summed E-state index contributed by atoms with van der Waals surface area (Å²) < 4.78 is 0. The Bertz CT molecular complexity index is 791. The summed E-state index contributed by atoms with van der Waals surface area (Å²) in [5.74, 6) is 4.05. The first-order valence-electron chi connectivity index (χ1n) is 8.19. The van der Waals surface area contributed by atoms with Crippen LogP contribution < -0.4 is 11.2 Å². The van der Waals surface area contributed by atoms with Crippen LogP contribution in [0.4, 0.5) is 5.69 Å². The Balaban J connectivity index is 1.93. The van der Waals surface area contributed by atoms with E-state index in [2.05, 4.69) is 15.7 Å². The van der Waals surface area contributed by atoms with Crippen LogP contribution in [0.25, 0.3) is 0 Å². The number of nitrogens with two attached hydrogens (primary N) is 1. The summed E-state index contributed by atoms with van der Waals surface area (Å²) >= 11 is 0. The Morgan fingerprint density at radius 1 is 1.04 bits per heavy atom. The van der Waals surface area contributed by atoms with Crippen molar-refractivity contribution in [3.05, 3.63) is 52.3 Å². The molecule has 132 valence electrons.